The number of nitrogens with one attached hydrogen (secondary N) is 1. The zero-order valence-corrected chi connectivity index (χ0v) is 12.2. The van der Waals surface area contributed by atoms with Crippen molar-refractivity contribution >= 4 is 23.2 Å². The lowest BCUT2D eigenvalue weighted by atomic mass is 9.89. The maximum atomic E-state index is 12.2. The molecule has 2 N–H and O–H groups in total. The Hall–Kier alpha value is -2.55. The number of carbonyl (C=O) groups is 1. The highest BCUT2D eigenvalue weighted by atomic mass is 16.3. The normalized spacial score (nSPS) is 18.0. The lowest BCUT2D eigenvalue weighted by Gasteiger charge is -2.18. The minimum Gasteiger partial charge on any atom is -0.507 e. The summed E-state index contributed by atoms with van der Waals surface area (Å²) in [6.45, 7) is 0. The maximum absolute atomic E-state index is 12.2. The van der Waals surface area contributed by atoms with Gasteiger partial charge in [0.25, 0.3) is 5.91 Å². The molecule has 3 nitrogen and oxygen atoms in total. The lowest BCUT2D eigenvalue weighted by Crippen LogP contribution is -2.05. The number of rotatable bonds is 1. The van der Waals surface area contributed by atoms with E-state index in [2.05, 4.69) is 11.4 Å². The minimum absolute atomic E-state index is 0.113. The molecule has 2 aromatic rings. The Labute approximate surface area is 129 Å². The van der Waals surface area contributed by atoms with Gasteiger partial charge < -0.3 is 10.4 Å². The third kappa shape index (κ3) is 2.01. The minimum atomic E-state index is -0.113. The molecule has 1 aliphatic carbocycles. The number of hydrogen-bond acceptors (Lipinski definition) is 2. The van der Waals surface area contributed by atoms with Crippen LogP contribution in [0.3, 0.4) is 0 Å². The van der Waals surface area contributed by atoms with Gasteiger partial charge >= 0.3 is 0 Å². The average molecular weight is 291 g/mol. The molecule has 0 bridgehead atoms. The van der Waals surface area contributed by atoms with Crippen molar-refractivity contribution in [3.05, 3.63) is 58.7 Å². The molecule has 0 unspecified atom stereocenters. The maximum Gasteiger partial charge on any atom is 0.256 e. The molecular formula is C19H17NO2. The van der Waals surface area contributed by atoms with E-state index in [1.807, 2.05) is 30.3 Å². The highest BCUT2D eigenvalue weighted by molar-refractivity contribution is 6.35. The number of anilines is 1. The van der Waals surface area contributed by atoms with Gasteiger partial charge in [-0.3, -0.25) is 4.79 Å². The van der Waals surface area contributed by atoms with Crippen LogP contribution in [0.25, 0.3) is 11.6 Å². The number of aromatic hydroxyl groups is 1. The quantitative estimate of drug-likeness (QED) is 0.786. The number of benzene rings is 2. The summed E-state index contributed by atoms with van der Waals surface area (Å²) in [4.78, 5) is 12.2. The van der Waals surface area contributed by atoms with Gasteiger partial charge in [0.15, 0.2) is 0 Å². The van der Waals surface area contributed by atoms with Crippen molar-refractivity contribution in [2.45, 2.75) is 25.7 Å². The summed E-state index contributed by atoms with van der Waals surface area (Å²) < 4.78 is 0. The van der Waals surface area contributed by atoms with Crippen LogP contribution in [-0.4, -0.2) is 11.0 Å². The van der Waals surface area contributed by atoms with Crippen molar-refractivity contribution in [3.8, 4) is 5.75 Å². The predicted octanol–water partition coefficient (Wildman–Crippen LogP) is 3.76. The summed E-state index contributed by atoms with van der Waals surface area (Å²) in [6, 6.07) is 11.6. The topological polar surface area (TPSA) is 49.3 Å². The van der Waals surface area contributed by atoms with Crippen LogP contribution in [0, 0.1) is 0 Å². The van der Waals surface area contributed by atoms with Crippen LogP contribution in [0.4, 0.5) is 5.69 Å². The summed E-state index contributed by atoms with van der Waals surface area (Å²) in [5.74, 6) is 0.222. The summed E-state index contributed by atoms with van der Waals surface area (Å²) in [5.41, 5.74) is 5.35. The number of amides is 1. The Morgan fingerprint density at radius 2 is 1.86 bits per heavy atom. The number of hydrogen-bond donors (Lipinski definition) is 2. The molecular weight excluding hydrogens is 274 g/mol. The van der Waals surface area contributed by atoms with Gasteiger partial charge in [0.05, 0.1) is 0 Å². The lowest BCUT2D eigenvalue weighted by molar-refractivity contribution is -0.110. The number of para-hydroxylation sites is 1. The molecule has 1 heterocycles. The number of phenols is 1. The van der Waals surface area contributed by atoms with Crippen molar-refractivity contribution in [1.82, 2.24) is 0 Å². The van der Waals surface area contributed by atoms with Crippen LogP contribution in [-0.2, 0) is 17.6 Å². The van der Waals surface area contributed by atoms with E-state index in [-0.39, 0.29) is 5.91 Å². The van der Waals surface area contributed by atoms with E-state index in [4.69, 9.17) is 0 Å². The first-order chi connectivity index (χ1) is 10.7. The third-order valence-electron chi connectivity index (χ3n) is 4.54. The molecule has 1 amide bonds. The van der Waals surface area contributed by atoms with Crippen LogP contribution in [0.15, 0.2) is 36.4 Å². The van der Waals surface area contributed by atoms with Gasteiger partial charge in [-0.15, -0.1) is 0 Å². The monoisotopic (exact) mass is 291 g/mol. The fourth-order valence-electron chi connectivity index (χ4n) is 3.38. The van der Waals surface area contributed by atoms with E-state index in [1.165, 1.54) is 12.0 Å². The van der Waals surface area contributed by atoms with Crippen molar-refractivity contribution in [1.29, 1.82) is 0 Å². The zero-order chi connectivity index (χ0) is 15.1. The molecule has 3 heteroatoms. The average Bonchev–Trinajstić information content (AvgIpc) is 2.86. The SMILES string of the molecule is O=C1Nc2ccccc2/C1=C/c1ccc2c(c1O)CCCC2. The van der Waals surface area contributed by atoms with Crippen LogP contribution < -0.4 is 5.32 Å². The van der Waals surface area contributed by atoms with Crippen LogP contribution in [0.5, 0.6) is 5.75 Å². The van der Waals surface area contributed by atoms with Crippen molar-refractivity contribution < 1.29 is 9.90 Å². The fraction of sp³-hybridized carbons (Fsp3) is 0.211. The summed E-state index contributed by atoms with van der Waals surface area (Å²) >= 11 is 0. The molecule has 22 heavy (non-hydrogen) atoms. The number of carbonyl (C=O) groups excluding carboxylic acids is 1. The summed E-state index contributed by atoms with van der Waals surface area (Å²) in [7, 11) is 0. The van der Waals surface area contributed by atoms with Gasteiger partial charge in [-0.25, -0.2) is 0 Å². The standard InChI is InChI=1S/C19H17NO2/c21-18-13(10-9-12-5-1-2-6-14(12)18)11-16-15-7-3-4-8-17(15)20-19(16)22/h3-4,7-11,21H,1-2,5-6H2,(H,20,22)/b16-11-. The number of phenolic OH excluding ortho intramolecular Hbond substituents is 1. The van der Waals surface area contributed by atoms with Gasteiger partial charge in [0.1, 0.15) is 5.75 Å². The molecule has 0 fully saturated rings. The first-order valence-corrected chi connectivity index (χ1v) is 7.70. The van der Waals surface area contributed by atoms with E-state index in [9.17, 15) is 9.90 Å². The Kier molecular flexibility index (Phi) is 3.00. The van der Waals surface area contributed by atoms with Crippen LogP contribution >= 0.6 is 0 Å². The molecule has 1 aliphatic heterocycles. The van der Waals surface area contributed by atoms with Gasteiger partial charge in [-0.05, 0) is 49.0 Å². The van der Waals surface area contributed by atoms with E-state index in [0.717, 1.165) is 41.6 Å². The van der Waals surface area contributed by atoms with Crippen LogP contribution in [0.2, 0.25) is 0 Å². The molecule has 0 atom stereocenters. The number of aryl methyl sites for hydroxylation is 1. The van der Waals surface area contributed by atoms with Crippen molar-refractivity contribution in [2.75, 3.05) is 5.32 Å². The first kappa shape index (κ1) is 13.1. The van der Waals surface area contributed by atoms with E-state index in [1.54, 1.807) is 6.08 Å². The second-order valence-corrected chi connectivity index (χ2v) is 5.91. The first-order valence-electron chi connectivity index (χ1n) is 7.70. The van der Waals surface area contributed by atoms with Crippen molar-refractivity contribution in [3.63, 3.8) is 0 Å². The Morgan fingerprint density at radius 3 is 2.77 bits per heavy atom. The largest absolute Gasteiger partial charge is 0.507 e. The third-order valence-corrected chi connectivity index (χ3v) is 4.54. The molecule has 110 valence electrons. The number of fused-ring (bicyclic) bond motifs is 2. The summed E-state index contributed by atoms with van der Waals surface area (Å²) in [6.07, 6.45) is 6.04. The Balaban J connectivity index is 1.82. The summed E-state index contributed by atoms with van der Waals surface area (Å²) in [5, 5.41) is 13.4. The van der Waals surface area contributed by atoms with Gasteiger partial charge in [0.2, 0.25) is 0 Å². The smallest absolute Gasteiger partial charge is 0.256 e. The zero-order valence-electron chi connectivity index (χ0n) is 12.2. The molecule has 4 rings (SSSR count). The molecule has 0 saturated carbocycles. The van der Waals surface area contributed by atoms with E-state index >= 15 is 0 Å². The molecule has 0 saturated heterocycles. The second-order valence-electron chi connectivity index (χ2n) is 5.91. The van der Waals surface area contributed by atoms with Gasteiger partial charge in [0, 0.05) is 22.4 Å². The van der Waals surface area contributed by atoms with Crippen molar-refractivity contribution in [2.24, 2.45) is 0 Å². The van der Waals surface area contributed by atoms with E-state index < -0.39 is 0 Å². The Morgan fingerprint density at radius 1 is 1.05 bits per heavy atom. The van der Waals surface area contributed by atoms with Crippen LogP contribution in [0.1, 0.15) is 35.1 Å². The van der Waals surface area contributed by atoms with Gasteiger partial charge in [-0.1, -0.05) is 30.3 Å². The van der Waals surface area contributed by atoms with Gasteiger partial charge in [-0.2, -0.15) is 0 Å². The highest BCUT2D eigenvalue weighted by Crippen LogP contribution is 2.37. The second kappa shape index (κ2) is 5.02. The predicted molar refractivity (Wildman–Crippen MR) is 87.7 cm³/mol. The molecule has 0 spiro atoms. The highest BCUT2D eigenvalue weighted by Gasteiger charge is 2.24. The molecule has 0 aromatic heterocycles. The fourth-order valence-corrected chi connectivity index (χ4v) is 3.38. The Bertz CT molecular complexity index is 805. The van der Waals surface area contributed by atoms with E-state index in [0.29, 0.717) is 11.3 Å². The molecule has 2 aliphatic rings. The molecule has 2 aromatic carbocycles. The molecule has 0 radical (unpaired) electrons.